The third-order valence-electron chi connectivity index (χ3n) is 3.59. The molecule has 3 heterocycles. The number of pyridine rings is 1. The summed E-state index contributed by atoms with van der Waals surface area (Å²) < 4.78 is 12.5. The van der Waals surface area contributed by atoms with Crippen LogP contribution in [0.4, 0.5) is 5.82 Å². The van der Waals surface area contributed by atoms with Crippen molar-refractivity contribution < 1.29 is 9.15 Å². The van der Waals surface area contributed by atoms with Crippen LogP contribution >= 0.6 is 11.3 Å². The van der Waals surface area contributed by atoms with Crippen molar-refractivity contribution in [3.8, 4) is 17.2 Å². The number of aromatic nitrogens is 3. The molecule has 2 N–H and O–H groups in total. The van der Waals surface area contributed by atoms with E-state index in [1.165, 1.54) is 0 Å². The molecular weight excluding hydrogens is 324 g/mol. The van der Waals surface area contributed by atoms with E-state index >= 15 is 0 Å². The number of rotatable bonds is 4. The summed E-state index contributed by atoms with van der Waals surface area (Å²) in [7, 11) is 0. The molecule has 24 heavy (non-hydrogen) atoms. The molecule has 7 heteroatoms. The molecule has 0 spiro atoms. The molecule has 1 aromatic carbocycles. The summed E-state index contributed by atoms with van der Waals surface area (Å²) >= 11 is 1.63. The van der Waals surface area contributed by atoms with Crippen LogP contribution < -0.4 is 10.5 Å². The molecule has 4 aromatic rings. The molecule has 4 rings (SSSR count). The van der Waals surface area contributed by atoms with Gasteiger partial charge in [-0.25, -0.2) is 4.98 Å². The lowest BCUT2D eigenvalue weighted by Gasteiger charge is -2.07. The second-order valence-corrected chi connectivity index (χ2v) is 6.18. The summed E-state index contributed by atoms with van der Waals surface area (Å²) in [5.41, 5.74) is 7.84. The number of hydrogen-bond donors (Lipinski definition) is 1. The zero-order valence-corrected chi connectivity index (χ0v) is 13.7. The molecule has 0 amide bonds. The lowest BCUT2D eigenvalue weighted by Crippen LogP contribution is -1.97. The van der Waals surface area contributed by atoms with Crippen molar-refractivity contribution in [2.24, 2.45) is 0 Å². The Hall–Kier alpha value is -2.93. The summed E-state index contributed by atoms with van der Waals surface area (Å²) in [5, 5.41) is 10.9. The fourth-order valence-electron chi connectivity index (χ4n) is 2.47. The van der Waals surface area contributed by atoms with E-state index in [2.05, 4.69) is 15.2 Å². The first-order chi connectivity index (χ1) is 11.7. The van der Waals surface area contributed by atoms with E-state index in [9.17, 15) is 0 Å². The third kappa shape index (κ3) is 2.69. The second-order valence-electron chi connectivity index (χ2n) is 5.27. The number of nitrogens with two attached hydrogens (primary N) is 1. The van der Waals surface area contributed by atoms with Gasteiger partial charge in [-0.15, -0.1) is 21.5 Å². The molecule has 6 nitrogen and oxygen atoms in total. The molecule has 0 atom stereocenters. The van der Waals surface area contributed by atoms with E-state index < -0.39 is 0 Å². The van der Waals surface area contributed by atoms with Gasteiger partial charge < -0.3 is 14.9 Å². The van der Waals surface area contributed by atoms with E-state index in [1.54, 1.807) is 24.5 Å². The highest BCUT2D eigenvalue weighted by molar-refractivity contribution is 7.17. The van der Waals surface area contributed by atoms with Crippen LogP contribution in [0.1, 0.15) is 11.5 Å². The lowest BCUT2D eigenvalue weighted by molar-refractivity contribution is 0.308. The average Bonchev–Trinajstić information content (AvgIpc) is 3.20. The predicted molar refractivity (Wildman–Crippen MR) is 92.8 cm³/mol. The Morgan fingerprint density at radius 3 is 3.00 bits per heavy atom. The summed E-state index contributed by atoms with van der Waals surface area (Å²) in [6.45, 7) is 2.18. The maximum atomic E-state index is 5.99. The van der Waals surface area contributed by atoms with Crippen molar-refractivity contribution in [3.63, 3.8) is 0 Å². The van der Waals surface area contributed by atoms with E-state index in [0.717, 1.165) is 27.0 Å². The molecule has 120 valence electrons. The smallest absolute Gasteiger partial charge is 0.247 e. The van der Waals surface area contributed by atoms with Gasteiger partial charge in [-0.3, -0.25) is 0 Å². The Kier molecular flexibility index (Phi) is 3.62. The minimum atomic E-state index is 0.419. The number of nitrogens with zero attached hydrogens (tertiary/aromatic N) is 3. The summed E-state index contributed by atoms with van der Waals surface area (Å²) in [4.78, 5) is 4.15. The quantitative estimate of drug-likeness (QED) is 0.609. The molecule has 3 aromatic heterocycles. The van der Waals surface area contributed by atoms with Crippen molar-refractivity contribution in [3.05, 3.63) is 53.4 Å². The van der Waals surface area contributed by atoms with Gasteiger partial charge in [-0.1, -0.05) is 6.07 Å². The molecular formula is C17H14N4O2S. The van der Waals surface area contributed by atoms with Gasteiger partial charge in [-0.2, -0.15) is 0 Å². The number of thiophene rings is 1. The Morgan fingerprint density at radius 1 is 1.25 bits per heavy atom. The topological polar surface area (TPSA) is 87.1 Å². The Morgan fingerprint density at radius 2 is 2.17 bits per heavy atom. The molecule has 0 radical (unpaired) electrons. The van der Waals surface area contributed by atoms with Crippen LogP contribution in [0.15, 0.2) is 46.3 Å². The fourth-order valence-corrected chi connectivity index (χ4v) is 3.42. The zero-order valence-electron chi connectivity index (χ0n) is 12.9. The number of fused-ring (bicyclic) bond motifs is 1. The van der Waals surface area contributed by atoms with Crippen LogP contribution in [0.3, 0.4) is 0 Å². The minimum absolute atomic E-state index is 0.419. The molecule has 0 fully saturated rings. The molecule has 0 bridgehead atoms. The van der Waals surface area contributed by atoms with Crippen LogP contribution in [-0.2, 0) is 6.61 Å². The highest BCUT2D eigenvalue weighted by Gasteiger charge is 2.10. The first kappa shape index (κ1) is 14.6. The van der Waals surface area contributed by atoms with Gasteiger partial charge in [0.1, 0.15) is 18.2 Å². The maximum Gasteiger partial charge on any atom is 0.247 e. The van der Waals surface area contributed by atoms with E-state index in [4.69, 9.17) is 14.9 Å². The molecule has 0 saturated heterocycles. The van der Waals surface area contributed by atoms with Crippen molar-refractivity contribution in [1.82, 2.24) is 15.2 Å². The van der Waals surface area contributed by atoms with Crippen LogP contribution in [0.2, 0.25) is 0 Å². The number of ether oxygens (including phenoxy) is 1. The first-order valence-corrected chi connectivity index (χ1v) is 8.22. The number of hydrogen-bond acceptors (Lipinski definition) is 7. The summed E-state index contributed by atoms with van der Waals surface area (Å²) in [6.07, 6.45) is 1.72. The number of nitrogen functional groups attached to an aromatic ring is 1. The fraction of sp³-hybridized carbons (Fsp3) is 0.118. The largest absolute Gasteiger partial charge is 0.489 e. The molecule has 0 unspecified atom stereocenters. The summed E-state index contributed by atoms with van der Waals surface area (Å²) in [6, 6.07) is 9.53. The van der Waals surface area contributed by atoms with Gasteiger partial charge in [0.15, 0.2) is 0 Å². The number of benzene rings is 1. The van der Waals surface area contributed by atoms with Gasteiger partial charge >= 0.3 is 0 Å². The van der Waals surface area contributed by atoms with Crippen molar-refractivity contribution in [2.45, 2.75) is 13.5 Å². The zero-order chi connectivity index (χ0) is 16.5. The van der Waals surface area contributed by atoms with Crippen LogP contribution in [0.5, 0.6) is 5.75 Å². The Bertz CT molecular complexity index is 1010. The molecule has 0 saturated carbocycles. The normalized spacial score (nSPS) is 11.0. The van der Waals surface area contributed by atoms with Gasteiger partial charge in [-0.05, 0) is 29.6 Å². The average molecular weight is 338 g/mol. The molecule has 0 aliphatic carbocycles. The molecule has 0 aliphatic rings. The van der Waals surface area contributed by atoms with Crippen molar-refractivity contribution >= 4 is 27.2 Å². The molecule has 0 aliphatic heterocycles. The predicted octanol–water partition coefficient (Wildman–Crippen LogP) is 3.82. The highest BCUT2D eigenvalue weighted by atomic mass is 32.1. The standard InChI is InChI=1S/C17H14N4O2S/c1-10-20-21-17(23-10)11-3-2-4-13(7-11)22-8-12-9-24-14-5-6-19-16(18)15(12)14/h2-7,9H,8H2,1H3,(H2,18,19). The monoisotopic (exact) mass is 338 g/mol. The van der Waals surface area contributed by atoms with Crippen LogP contribution in [0.25, 0.3) is 21.5 Å². The minimum Gasteiger partial charge on any atom is -0.489 e. The van der Waals surface area contributed by atoms with E-state index in [0.29, 0.717) is 24.2 Å². The number of anilines is 1. The van der Waals surface area contributed by atoms with Gasteiger partial charge in [0.2, 0.25) is 11.8 Å². The second kappa shape index (κ2) is 5.93. The van der Waals surface area contributed by atoms with Crippen LogP contribution in [-0.4, -0.2) is 15.2 Å². The van der Waals surface area contributed by atoms with Crippen molar-refractivity contribution in [2.75, 3.05) is 5.73 Å². The van der Waals surface area contributed by atoms with Gasteiger partial charge in [0.05, 0.1) is 0 Å². The van der Waals surface area contributed by atoms with Gasteiger partial charge in [0, 0.05) is 34.3 Å². The number of aryl methyl sites for hydroxylation is 1. The first-order valence-electron chi connectivity index (χ1n) is 7.34. The Labute approximate surface area is 141 Å². The summed E-state index contributed by atoms with van der Waals surface area (Å²) in [5.74, 6) is 2.27. The van der Waals surface area contributed by atoms with Crippen molar-refractivity contribution in [1.29, 1.82) is 0 Å². The maximum absolute atomic E-state index is 5.99. The third-order valence-corrected chi connectivity index (χ3v) is 4.59. The van der Waals surface area contributed by atoms with E-state index in [1.807, 2.05) is 35.7 Å². The van der Waals surface area contributed by atoms with Gasteiger partial charge in [0.25, 0.3) is 0 Å². The SMILES string of the molecule is Cc1nnc(-c2cccc(OCc3csc4ccnc(N)c34)c2)o1. The van der Waals surface area contributed by atoms with E-state index in [-0.39, 0.29) is 0 Å². The van der Waals surface area contributed by atoms with Crippen LogP contribution in [0, 0.1) is 6.92 Å². The lowest BCUT2D eigenvalue weighted by atomic mass is 10.2. The highest BCUT2D eigenvalue weighted by Crippen LogP contribution is 2.30. The Balaban J connectivity index is 1.57.